The number of hydrogen-bond acceptors (Lipinski definition) is 6. The van der Waals surface area contributed by atoms with Crippen LogP contribution in [-0.2, 0) is 4.79 Å². The maximum atomic E-state index is 12.5. The van der Waals surface area contributed by atoms with Gasteiger partial charge in [0.25, 0.3) is 6.43 Å². The Kier molecular flexibility index (Phi) is 6.03. The van der Waals surface area contributed by atoms with Crippen molar-refractivity contribution in [1.82, 2.24) is 20.2 Å². The van der Waals surface area contributed by atoms with E-state index in [1.54, 1.807) is 0 Å². The second-order valence-electron chi connectivity index (χ2n) is 7.41. The summed E-state index contributed by atoms with van der Waals surface area (Å²) in [5.74, 6) is 0.311. The number of nitrogens with one attached hydrogen (secondary N) is 1. The first-order valence-corrected chi connectivity index (χ1v) is 10.0. The summed E-state index contributed by atoms with van der Waals surface area (Å²) >= 11 is 0. The third-order valence-corrected chi connectivity index (χ3v) is 5.55. The Bertz CT molecular complexity index is 858. The molecule has 0 spiro atoms. The first-order chi connectivity index (χ1) is 14.1. The van der Waals surface area contributed by atoms with Crippen LogP contribution in [0, 0.1) is 0 Å². The highest BCUT2D eigenvalue weighted by Crippen LogP contribution is 2.28. The maximum absolute atomic E-state index is 12.5. The minimum atomic E-state index is -2.56. The van der Waals surface area contributed by atoms with Gasteiger partial charge in [-0.15, -0.1) is 0 Å². The van der Waals surface area contributed by atoms with Crippen molar-refractivity contribution < 1.29 is 18.3 Å². The predicted octanol–water partition coefficient (Wildman–Crippen LogP) is 2.06. The van der Waals surface area contributed by atoms with E-state index in [2.05, 4.69) is 25.1 Å². The average Bonchev–Trinajstić information content (AvgIpc) is 2.96. The van der Waals surface area contributed by atoms with Crippen LogP contribution >= 0.6 is 0 Å². The second kappa shape index (κ2) is 8.86. The van der Waals surface area contributed by atoms with E-state index in [9.17, 15) is 13.6 Å². The summed E-state index contributed by atoms with van der Waals surface area (Å²) in [6, 6.07) is 5.68. The lowest BCUT2D eigenvalue weighted by atomic mass is 10.1. The molecular formula is C20H25F2N5O2. The van der Waals surface area contributed by atoms with Gasteiger partial charge in [-0.3, -0.25) is 9.69 Å². The Morgan fingerprint density at radius 3 is 2.79 bits per heavy atom. The first kappa shape index (κ1) is 19.8. The number of rotatable bonds is 5. The molecule has 3 heterocycles. The van der Waals surface area contributed by atoms with E-state index in [-0.39, 0.29) is 17.8 Å². The summed E-state index contributed by atoms with van der Waals surface area (Å²) in [6.07, 6.45) is 1.77. The minimum absolute atomic E-state index is 0.0426. The van der Waals surface area contributed by atoms with Gasteiger partial charge in [0, 0.05) is 38.4 Å². The van der Waals surface area contributed by atoms with Gasteiger partial charge in [0.1, 0.15) is 6.33 Å². The van der Waals surface area contributed by atoms with Gasteiger partial charge in [0.05, 0.1) is 16.9 Å². The van der Waals surface area contributed by atoms with E-state index in [4.69, 9.17) is 4.74 Å². The van der Waals surface area contributed by atoms with Crippen LogP contribution < -0.4 is 15.0 Å². The number of amides is 1. The zero-order chi connectivity index (χ0) is 20.2. The third kappa shape index (κ3) is 4.55. The Labute approximate surface area is 168 Å². The topological polar surface area (TPSA) is 70.6 Å². The van der Waals surface area contributed by atoms with Crippen molar-refractivity contribution in [2.45, 2.75) is 31.7 Å². The standard InChI is InChI=1S/C20H25F2N5O2/c21-18(22)12-29-20-15-11-14(4-5-16(15)24-13-25-20)26-7-9-27(10-8-26)17-3-1-2-6-23-19(17)28/h4-5,11,13,17-18H,1-3,6-10,12H2,(H,23,28). The van der Waals surface area contributed by atoms with Crippen molar-refractivity contribution in [2.24, 2.45) is 0 Å². The molecule has 4 rings (SSSR count). The summed E-state index contributed by atoms with van der Waals surface area (Å²) < 4.78 is 30.2. The molecule has 1 aromatic carbocycles. The Morgan fingerprint density at radius 2 is 2.00 bits per heavy atom. The van der Waals surface area contributed by atoms with Gasteiger partial charge in [0.15, 0.2) is 6.61 Å². The van der Waals surface area contributed by atoms with Crippen molar-refractivity contribution >= 4 is 22.5 Å². The SMILES string of the molecule is O=C1NCCCCC1N1CCN(c2ccc3ncnc(OCC(F)F)c3c2)CC1. The summed E-state index contributed by atoms with van der Waals surface area (Å²) in [5.41, 5.74) is 1.63. The van der Waals surface area contributed by atoms with Gasteiger partial charge in [-0.1, -0.05) is 0 Å². The van der Waals surface area contributed by atoms with E-state index in [0.717, 1.165) is 57.7 Å². The molecule has 0 radical (unpaired) electrons. The quantitative estimate of drug-likeness (QED) is 0.821. The van der Waals surface area contributed by atoms with Gasteiger partial charge >= 0.3 is 0 Å². The number of aromatic nitrogens is 2. The molecule has 2 aromatic rings. The zero-order valence-corrected chi connectivity index (χ0v) is 16.2. The highest BCUT2D eigenvalue weighted by atomic mass is 19.3. The number of hydrogen-bond donors (Lipinski definition) is 1. The molecule has 0 aliphatic carbocycles. The molecule has 9 heteroatoms. The smallest absolute Gasteiger partial charge is 0.272 e. The van der Waals surface area contributed by atoms with E-state index in [0.29, 0.717) is 10.9 Å². The number of carbonyl (C=O) groups excluding carboxylic acids is 1. The number of halogens is 2. The Morgan fingerprint density at radius 1 is 1.17 bits per heavy atom. The van der Waals surface area contributed by atoms with Crippen LogP contribution in [0.2, 0.25) is 0 Å². The Balaban J connectivity index is 1.46. The van der Waals surface area contributed by atoms with E-state index in [1.807, 2.05) is 18.2 Å². The van der Waals surface area contributed by atoms with Crippen LogP contribution in [-0.4, -0.2) is 72.6 Å². The number of benzene rings is 1. The molecule has 0 bridgehead atoms. The number of fused-ring (bicyclic) bond motifs is 1. The van der Waals surface area contributed by atoms with Crippen molar-refractivity contribution in [2.75, 3.05) is 44.2 Å². The highest BCUT2D eigenvalue weighted by molar-refractivity contribution is 5.86. The lowest BCUT2D eigenvalue weighted by Gasteiger charge is -2.39. The fourth-order valence-corrected chi connectivity index (χ4v) is 4.04. The number of anilines is 1. The molecule has 2 saturated heterocycles. The number of piperazine rings is 1. The van der Waals surface area contributed by atoms with Gasteiger partial charge in [-0.05, 0) is 37.5 Å². The number of alkyl halides is 2. The summed E-state index contributed by atoms with van der Waals surface area (Å²) in [5, 5.41) is 3.63. The van der Waals surface area contributed by atoms with Crippen LogP contribution in [0.25, 0.3) is 10.9 Å². The average molecular weight is 405 g/mol. The van der Waals surface area contributed by atoms with Crippen molar-refractivity contribution in [3.05, 3.63) is 24.5 Å². The fraction of sp³-hybridized carbons (Fsp3) is 0.550. The maximum Gasteiger partial charge on any atom is 0.272 e. The van der Waals surface area contributed by atoms with Gasteiger partial charge < -0.3 is 15.0 Å². The molecule has 2 fully saturated rings. The fourth-order valence-electron chi connectivity index (χ4n) is 4.04. The normalized spacial score (nSPS) is 21.3. The molecule has 7 nitrogen and oxygen atoms in total. The molecule has 1 amide bonds. The van der Waals surface area contributed by atoms with Crippen LogP contribution in [0.5, 0.6) is 5.88 Å². The number of ether oxygens (including phenoxy) is 1. The monoisotopic (exact) mass is 405 g/mol. The van der Waals surface area contributed by atoms with E-state index in [1.165, 1.54) is 6.33 Å². The third-order valence-electron chi connectivity index (χ3n) is 5.55. The van der Waals surface area contributed by atoms with Gasteiger partial charge in [-0.25, -0.2) is 18.7 Å². The molecule has 1 unspecified atom stereocenters. The Hall–Kier alpha value is -2.55. The molecule has 29 heavy (non-hydrogen) atoms. The molecule has 2 aliphatic rings. The first-order valence-electron chi connectivity index (χ1n) is 10.0. The van der Waals surface area contributed by atoms with Crippen LogP contribution in [0.15, 0.2) is 24.5 Å². The summed E-state index contributed by atoms with van der Waals surface area (Å²) in [6.45, 7) is 3.25. The second-order valence-corrected chi connectivity index (χ2v) is 7.41. The number of carbonyl (C=O) groups is 1. The number of nitrogens with zero attached hydrogens (tertiary/aromatic N) is 4. The van der Waals surface area contributed by atoms with E-state index < -0.39 is 13.0 Å². The molecule has 1 N–H and O–H groups in total. The molecule has 156 valence electrons. The van der Waals surface area contributed by atoms with Crippen LogP contribution in [0.3, 0.4) is 0 Å². The van der Waals surface area contributed by atoms with Gasteiger partial charge in [-0.2, -0.15) is 0 Å². The molecule has 1 atom stereocenters. The van der Waals surface area contributed by atoms with Crippen molar-refractivity contribution in [1.29, 1.82) is 0 Å². The summed E-state index contributed by atoms with van der Waals surface area (Å²) in [7, 11) is 0. The highest BCUT2D eigenvalue weighted by Gasteiger charge is 2.30. The molecular weight excluding hydrogens is 380 g/mol. The summed E-state index contributed by atoms with van der Waals surface area (Å²) in [4.78, 5) is 25.0. The van der Waals surface area contributed by atoms with Crippen LogP contribution in [0.1, 0.15) is 19.3 Å². The zero-order valence-electron chi connectivity index (χ0n) is 16.2. The minimum Gasteiger partial charge on any atom is -0.471 e. The van der Waals surface area contributed by atoms with Crippen LogP contribution in [0.4, 0.5) is 14.5 Å². The van der Waals surface area contributed by atoms with Crippen molar-refractivity contribution in [3.8, 4) is 5.88 Å². The van der Waals surface area contributed by atoms with E-state index >= 15 is 0 Å². The molecule has 0 saturated carbocycles. The lowest BCUT2D eigenvalue weighted by Crippen LogP contribution is -2.54. The van der Waals surface area contributed by atoms with Gasteiger partial charge in [0.2, 0.25) is 11.8 Å². The molecule has 2 aliphatic heterocycles. The molecule has 1 aromatic heterocycles. The lowest BCUT2D eigenvalue weighted by molar-refractivity contribution is -0.126. The predicted molar refractivity (Wildman–Crippen MR) is 105 cm³/mol. The van der Waals surface area contributed by atoms with Crippen molar-refractivity contribution in [3.63, 3.8) is 0 Å². The largest absolute Gasteiger partial charge is 0.471 e.